The molecule has 0 radical (unpaired) electrons. The Bertz CT molecular complexity index is 2250. The first kappa shape index (κ1) is 28.2. The monoisotopic (exact) mass is 611 g/mol. The Morgan fingerprint density at radius 1 is 0.844 bits per heavy atom. The lowest BCUT2D eigenvalue weighted by Gasteiger charge is -2.18. The van der Waals surface area contributed by atoms with Crippen molar-refractivity contribution in [3.63, 3.8) is 0 Å². The number of benzene rings is 4. The standard InChI is InChI=1S/C36H29N5O3S/c1-41(33(42)19-27-20-37-23-39-27)28-15-13-25(14-16-28)31-21-38-36-35(34(31)26-8-4-2-5-9-26)30-18-24(12-17-32(30)40-36)22-45(43,44)29-10-6-3-7-11-29/h2-18,20-21,23H,19,22H2,1H3,(H,37,39)(H,38,40). The van der Waals surface area contributed by atoms with E-state index in [-0.39, 0.29) is 18.1 Å². The first-order chi connectivity index (χ1) is 21.9. The number of pyridine rings is 1. The molecule has 9 heteroatoms. The first-order valence-electron chi connectivity index (χ1n) is 14.5. The maximum Gasteiger partial charge on any atom is 0.232 e. The summed E-state index contributed by atoms with van der Waals surface area (Å²) in [6.07, 6.45) is 5.35. The Hall–Kier alpha value is -5.54. The number of anilines is 1. The van der Waals surface area contributed by atoms with E-state index in [9.17, 15) is 13.2 Å². The van der Waals surface area contributed by atoms with Gasteiger partial charge in [0.05, 0.1) is 29.1 Å². The van der Waals surface area contributed by atoms with E-state index in [0.29, 0.717) is 16.2 Å². The fourth-order valence-corrected chi connectivity index (χ4v) is 7.07. The largest absolute Gasteiger partial charge is 0.351 e. The minimum Gasteiger partial charge on any atom is -0.351 e. The molecule has 8 nitrogen and oxygen atoms in total. The number of likely N-dealkylation sites (N-methyl/N-ethyl adjacent to an activating group) is 1. The third-order valence-electron chi connectivity index (χ3n) is 8.03. The average molecular weight is 612 g/mol. The number of fused-ring (bicyclic) bond motifs is 3. The van der Waals surface area contributed by atoms with E-state index < -0.39 is 9.84 Å². The van der Waals surface area contributed by atoms with Gasteiger partial charge in [0.15, 0.2) is 9.84 Å². The number of imidazole rings is 1. The number of aromatic amines is 2. The van der Waals surface area contributed by atoms with Crippen molar-refractivity contribution >= 4 is 43.4 Å². The number of H-pyrrole nitrogens is 2. The normalized spacial score (nSPS) is 11.7. The van der Waals surface area contributed by atoms with Crippen LogP contribution in [-0.4, -0.2) is 41.3 Å². The van der Waals surface area contributed by atoms with E-state index in [1.165, 1.54) is 0 Å². The number of nitrogens with zero attached hydrogens (tertiary/aromatic N) is 3. The summed E-state index contributed by atoms with van der Waals surface area (Å²) >= 11 is 0. The highest BCUT2D eigenvalue weighted by molar-refractivity contribution is 7.90. The molecular formula is C36H29N5O3S. The highest BCUT2D eigenvalue weighted by Gasteiger charge is 2.20. The fraction of sp³-hybridized carbons (Fsp3) is 0.0833. The molecule has 7 aromatic rings. The molecule has 2 N–H and O–H groups in total. The summed E-state index contributed by atoms with van der Waals surface area (Å²) in [5.74, 6) is -0.173. The van der Waals surface area contributed by atoms with Gasteiger partial charge in [-0.25, -0.2) is 18.4 Å². The maximum absolute atomic E-state index is 13.2. The lowest BCUT2D eigenvalue weighted by molar-refractivity contribution is -0.117. The quantitative estimate of drug-likeness (QED) is 0.193. The molecule has 4 aromatic carbocycles. The van der Waals surface area contributed by atoms with E-state index in [1.54, 1.807) is 54.8 Å². The summed E-state index contributed by atoms with van der Waals surface area (Å²) in [7, 11) is -1.76. The van der Waals surface area contributed by atoms with Crippen LogP contribution in [0.2, 0.25) is 0 Å². The third kappa shape index (κ3) is 5.49. The minimum absolute atomic E-state index is 0.0632. The lowest BCUT2D eigenvalue weighted by atomic mass is 9.92. The predicted octanol–water partition coefficient (Wildman–Crippen LogP) is 6.95. The molecule has 0 bridgehead atoms. The number of nitrogens with one attached hydrogen (secondary N) is 2. The van der Waals surface area contributed by atoms with Gasteiger partial charge in [-0.15, -0.1) is 0 Å². The first-order valence-corrected chi connectivity index (χ1v) is 16.1. The van der Waals surface area contributed by atoms with Crippen LogP contribution in [0.4, 0.5) is 5.69 Å². The van der Waals surface area contributed by atoms with Gasteiger partial charge < -0.3 is 14.9 Å². The number of carbonyl (C=O) groups excluding carboxylic acids is 1. The van der Waals surface area contributed by atoms with Crippen LogP contribution in [0.15, 0.2) is 127 Å². The van der Waals surface area contributed by atoms with Crippen molar-refractivity contribution in [2.75, 3.05) is 11.9 Å². The van der Waals surface area contributed by atoms with E-state index in [4.69, 9.17) is 4.98 Å². The number of rotatable bonds is 8. The number of carbonyl (C=O) groups is 1. The van der Waals surface area contributed by atoms with Crippen LogP contribution in [0.25, 0.3) is 44.2 Å². The van der Waals surface area contributed by atoms with Crippen LogP contribution in [0.1, 0.15) is 11.3 Å². The number of sulfone groups is 1. The molecule has 0 spiro atoms. The molecule has 0 saturated carbocycles. The summed E-state index contributed by atoms with van der Waals surface area (Å²) in [6.45, 7) is 0. The SMILES string of the molecule is CN(C(=O)Cc1c[nH]cn1)c1ccc(-c2cnc3[nH]c4ccc(CS(=O)(=O)c5ccccc5)cc4c3c2-c2ccccc2)cc1. The van der Waals surface area contributed by atoms with Crippen molar-refractivity contribution in [1.29, 1.82) is 0 Å². The van der Waals surface area contributed by atoms with Gasteiger partial charge in [0, 0.05) is 52.5 Å². The van der Waals surface area contributed by atoms with Gasteiger partial charge in [-0.3, -0.25) is 4.79 Å². The van der Waals surface area contributed by atoms with E-state index in [0.717, 1.165) is 49.9 Å². The van der Waals surface area contributed by atoms with Crippen LogP contribution < -0.4 is 4.90 Å². The van der Waals surface area contributed by atoms with Crippen LogP contribution in [0.3, 0.4) is 0 Å². The molecule has 7 rings (SSSR count). The van der Waals surface area contributed by atoms with Crippen LogP contribution in [0, 0.1) is 0 Å². The van der Waals surface area contributed by atoms with Gasteiger partial charge in [0.1, 0.15) is 5.65 Å². The molecule has 45 heavy (non-hydrogen) atoms. The Labute approximate surface area is 260 Å². The second-order valence-corrected chi connectivity index (χ2v) is 12.9. The molecule has 222 valence electrons. The molecular weight excluding hydrogens is 582 g/mol. The van der Waals surface area contributed by atoms with Gasteiger partial charge in [0.2, 0.25) is 5.91 Å². The Balaban J connectivity index is 1.31. The van der Waals surface area contributed by atoms with Crippen molar-refractivity contribution in [3.8, 4) is 22.3 Å². The van der Waals surface area contributed by atoms with Crippen LogP contribution >= 0.6 is 0 Å². The second-order valence-electron chi connectivity index (χ2n) is 11.0. The number of amides is 1. The topological polar surface area (TPSA) is 112 Å². The van der Waals surface area contributed by atoms with Crippen LogP contribution in [0.5, 0.6) is 0 Å². The molecule has 3 heterocycles. The molecule has 0 atom stereocenters. The minimum atomic E-state index is -3.52. The highest BCUT2D eigenvalue weighted by Crippen LogP contribution is 2.41. The summed E-state index contributed by atoms with van der Waals surface area (Å²) < 4.78 is 26.4. The smallest absolute Gasteiger partial charge is 0.232 e. The molecule has 3 aromatic heterocycles. The van der Waals surface area contributed by atoms with Gasteiger partial charge in [-0.1, -0.05) is 66.7 Å². The van der Waals surface area contributed by atoms with Crippen molar-refractivity contribution in [2.24, 2.45) is 0 Å². The van der Waals surface area contributed by atoms with E-state index in [1.807, 2.05) is 66.9 Å². The summed E-state index contributed by atoms with van der Waals surface area (Å²) in [5.41, 5.74) is 7.62. The molecule has 0 unspecified atom stereocenters. The Morgan fingerprint density at radius 2 is 1.58 bits per heavy atom. The summed E-state index contributed by atoms with van der Waals surface area (Å²) in [6, 6.07) is 32.2. The average Bonchev–Trinajstić information content (AvgIpc) is 3.72. The zero-order valence-electron chi connectivity index (χ0n) is 24.4. The highest BCUT2D eigenvalue weighted by atomic mass is 32.2. The van der Waals surface area contributed by atoms with E-state index in [2.05, 4.69) is 27.1 Å². The number of hydrogen-bond acceptors (Lipinski definition) is 5. The van der Waals surface area contributed by atoms with Crippen molar-refractivity contribution in [3.05, 3.63) is 133 Å². The molecule has 0 aliphatic rings. The Morgan fingerprint density at radius 3 is 2.29 bits per heavy atom. The molecule has 0 fully saturated rings. The van der Waals surface area contributed by atoms with Crippen molar-refractivity contribution < 1.29 is 13.2 Å². The lowest BCUT2D eigenvalue weighted by Crippen LogP contribution is -2.27. The zero-order valence-corrected chi connectivity index (χ0v) is 25.3. The number of hydrogen-bond donors (Lipinski definition) is 2. The second kappa shape index (κ2) is 11.5. The molecule has 1 amide bonds. The van der Waals surface area contributed by atoms with Gasteiger partial charge in [-0.05, 0) is 53.1 Å². The van der Waals surface area contributed by atoms with Crippen molar-refractivity contribution in [2.45, 2.75) is 17.1 Å². The summed E-state index contributed by atoms with van der Waals surface area (Å²) in [4.78, 5) is 30.1. The third-order valence-corrected chi connectivity index (χ3v) is 9.74. The summed E-state index contributed by atoms with van der Waals surface area (Å²) in [5, 5.41) is 1.82. The predicted molar refractivity (Wildman–Crippen MR) is 178 cm³/mol. The van der Waals surface area contributed by atoms with Gasteiger partial charge >= 0.3 is 0 Å². The van der Waals surface area contributed by atoms with Crippen molar-refractivity contribution in [1.82, 2.24) is 19.9 Å². The zero-order chi connectivity index (χ0) is 31.0. The fourth-order valence-electron chi connectivity index (χ4n) is 5.72. The van der Waals surface area contributed by atoms with Gasteiger partial charge in [0.25, 0.3) is 0 Å². The number of aromatic nitrogens is 4. The van der Waals surface area contributed by atoms with Gasteiger partial charge in [-0.2, -0.15) is 0 Å². The van der Waals surface area contributed by atoms with E-state index >= 15 is 0 Å². The molecule has 0 saturated heterocycles. The van der Waals surface area contributed by atoms with Crippen LogP contribution in [-0.2, 0) is 26.8 Å². The molecule has 0 aliphatic carbocycles. The molecule has 0 aliphatic heterocycles. The Kier molecular flexibility index (Phi) is 7.23. The maximum atomic E-state index is 13.2.